The molecule has 0 aliphatic heterocycles. The SMILES string of the molecule is COC(OC)(C(=O)c1ccc(OC(C)=O)cc1)c1ccccc1. The summed E-state index contributed by atoms with van der Waals surface area (Å²) in [5.74, 6) is -1.92. The molecule has 0 spiro atoms. The van der Waals surface area contributed by atoms with Crippen molar-refractivity contribution in [2.45, 2.75) is 12.7 Å². The van der Waals surface area contributed by atoms with E-state index in [4.69, 9.17) is 14.2 Å². The van der Waals surface area contributed by atoms with Crippen LogP contribution in [0.3, 0.4) is 0 Å². The maximum atomic E-state index is 12.9. The van der Waals surface area contributed by atoms with Gasteiger partial charge in [-0.1, -0.05) is 30.3 Å². The molecular weight excluding hydrogens is 296 g/mol. The van der Waals surface area contributed by atoms with Gasteiger partial charge in [0.2, 0.25) is 5.78 Å². The quantitative estimate of drug-likeness (QED) is 0.355. The zero-order valence-electron chi connectivity index (χ0n) is 13.2. The first kappa shape index (κ1) is 16.9. The molecule has 0 radical (unpaired) electrons. The zero-order chi connectivity index (χ0) is 16.9. The van der Waals surface area contributed by atoms with Gasteiger partial charge in [-0.05, 0) is 24.3 Å². The number of Topliss-reactive ketones (excluding diaryl/α,β-unsaturated/α-hetero) is 1. The standard InChI is InChI=1S/C18H18O5/c1-13(19)23-16-11-9-14(10-12-16)17(20)18(21-2,22-3)15-7-5-4-6-8-15/h4-12H,1-3H3. The van der Waals surface area contributed by atoms with Crippen LogP contribution in [-0.2, 0) is 20.1 Å². The lowest BCUT2D eigenvalue weighted by atomic mass is 9.96. The predicted molar refractivity (Wildman–Crippen MR) is 84.2 cm³/mol. The first-order chi connectivity index (χ1) is 11.0. The van der Waals surface area contributed by atoms with Gasteiger partial charge in [0.1, 0.15) is 5.75 Å². The van der Waals surface area contributed by atoms with Crippen molar-refractivity contribution in [1.82, 2.24) is 0 Å². The van der Waals surface area contributed by atoms with Gasteiger partial charge >= 0.3 is 5.97 Å². The maximum absolute atomic E-state index is 12.9. The Bertz CT molecular complexity index is 672. The molecule has 0 aliphatic carbocycles. The topological polar surface area (TPSA) is 61.8 Å². The summed E-state index contributed by atoms with van der Waals surface area (Å²) in [5, 5.41) is 0. The van der Waals surface area contributed by atoms with Crippen molar-refractivity contribution in [3.05, 3.63) is 65.7 Å². The van der Waals surface area contributed by atoms with E-state index >= 15 is 0 Å². The summed E-state index contributed by atoms with van der Waals surface area (Å²) in [6, 6.07) is 15.2. The molecule has 0 saturated heterocycles. The summed E-state index contributed by atoms with van der Waals surface area (Å²) in [4.78, 5) is 23.8. The number of carbonyl (C=O) groups excluding carboxylic acids is 2. The van der Waals surface area contributed by atoms with E-state index in [2.05, 4.69) is 0 Å². The molecule has 0 heterocycles. The average molecular weight is 314 g/mol. The minimum atomic E-state index is -1.52. The van der Waals surface area contributed by atoms with Crippen LogP contribution in [0.2, 0.25) is 0 Å². The molecule has 0 bridgehead atoms. The molecule has 23 heavy (non-hydrogen) atoms. The molecule has 120 valence electrons. The second kappa shape index (κ2) is 7.17. The second-order valence-electron chi connectivity index (χ2n) is 4.84. The Morgan fingerprint density at radius 1 is 0.870 bits per heavy atom. The van der Waals surface area contributed by atoms with Crippen LogP contribution < -0.4 is 4.74 Å². The fraction of sp³-hybridized carbons (Fsp3) is 0.222. The Balaban J connectivity index is 2.37. The highest BCUT2D eigenvalue weighted by atomic mass is 16.7. The van der Waals surface area contributed by atoms with Crippen LogP contribution in [-0.4, -0.2) is 26.0 Å². The van der Waals surface area contributed by atoms with Gasteiger partial charge in [0, 0.05) is 32.3 Å². The van der Waals surface area contributed by atoms with Gasteiger partial charge in [0.05, 0.1) is 0 Å². The Labute approximate surface area is 134 Å². The Hall–Kier alpha value is -2.50. The van der Waals surface area contributed by atoms with Crippen molar-refractivity contribution in [3.63, 3.8) is 0 Å². The number of carbonyl (C=O) groups is 2. The summed E-state index contributed by atoms with van der Waals surface area (Å²) < 4.78 is 15.8. The van der Waals surface area contributed by atoms with Crippen LogP contribution in [0.15, 0.2) is 54.6 Å². The highest BCUT2D eigenvalue weighted by Crippen LogP contribution is 2.30. The van der Waals surface area contributed by atoms with Crippen LogP contribution in [0.1, 0.15) is 22.8 Å². The van der Waals surface area contributed by atoms with Crippen LogP contribution in [0.5, 0.6) is 5.75 Å². The fourth-order valence-corrected chi connectivity index (χ4v) is 2.32. The molecular formula is C18H18O5. The van der Waals surface area contributed by atoms with E-state index in [1.165, 1.54) is 21.1 Å². The molecule has 0 saturated carbocycles. The fourth-order valence-electron chi connectivity index (χ4n) is 2.32. The van der Waals surface area contributed by atoms with E-state index in [9.17, 15) is 9.59 Å². The van der Waals surface area contributed by atoms with Crippen LogP contribution in [0.25, 0.3) is 0 Å². The van der Waals surface area contributed by atoms with Crippen LogP contribution >= 0.6 is 0 Å². The molecule has 5 nitrogen and oxygen atoms in total. The molecule has 0 fully saturated rings. The largest absolute Gasteiger partial charge is 0.427 e. The summed E-state index contributed by atoms with van der Waals surface area (Å²) in [6.07, 6.45) is 0. The molecule has 5 heteroatoms. The first-order valence-electron chi connectivity index (χ1n) is 7.02. The smallest absolute Gasteiger partial charge is 0.308 e. The van der Waals surface area contributed by atoms with Crippen molar-refractivity contribution in [1.29, 1.82) is 0 Å². The Morgan fingerprint density at radius 2 is 1.43 bits per heavy atom. The van der Waals surface area contributed by atoms with E-state index in [1.807, 2.05) is 6.07 Å². The van der Waals surface area contributed by atoms with Gasteiger partial charge in [-0.2, -0.15) is 0 Å². The van der Waals surface area contributed by atoms with Gasteiger partial charge < -0.3 is 14.2 Å². The molecule has 0 unspecified atom stereocenters. The predicted octanol–water partition coefficient (Wildman–Crippen LogP) is 2.94. The number of methoxy groups -OCH3 is 2. The number of hydrogen-bond acceptors (Lipinski definition) is 5. The van der Waals surface area contributed by atoms with E-state index in [0.717, 1.165) is 0 Å². The van der Waals surface area contributed by atoms with E-state index < -0.39 is 11.8 Å². The zero-order valence-corrected chi connectivity index (χ0v) is 13.2. The highest BCUT2D eigenvalue weighted by Gasteiger charge is 2.41. The van der Waals surface area contributed by atoms with Crippen molar-refractivity contribution < 1.29 is 23.8 Å². The van der Waals surface area contributed by atoms with Crippen LogP contribution in [0.4, 0.5) is 0 Å². The van der Waals surface area contributed by atoms with E-state index in [0.29, 0.717) is 16.9 Å². The van der Waals surface area contributed by atoms with Crippen molar-refractivity contribution in [2.24, 2.45) is 0 Å². The normalized spacial score (nSPS) is 11.1. The lowest BCUT2D eigenvalue weighted by Crippen LogP contribution is -2.39. The summed E-state index contributed by atoms with van der Waals surface area (Å²) in [6.45, 7) is 1.31. The van der Waals surface area contributed by atoms with E-state index in [1.54, 1.807) is 48.5 Å². The minimum absolute atomic E-state index is 0.344. The van der Waals surface area contributed by atoms with Gasteiger partial charge in [-0.3, -0.25) is 9.59 Å². The second-order valence-corrected chi connectivity index (χ2v) is 4.84. The number of ether oxygens (including phenoxy) is 3. The van der Waals surface area contributed by atoms with Crippen molar-refractivity contribution in [3.8, 4) is 5.75 Å². The number of rotatable bonds is 6. The summed E-state index contributed by atoms with van der Waals surface area (Å²) in [5.41, 5.74) is 0.979. The van der Waals surface area contributed by atoms with Gasteiger partial charge in [0.25, 0.3) is 5.79 Å². The molecule has 2 aromatic rings. The number of hydrogen-bond donors (Lipinski definition) is 0. The van der Waals surface area contributed by atoms with Crippen molar-refractivity contribution >= 4 is 11.8 Å². The monoisotopic (exact) mass is 314 g/mol. The number of ketones is 1. The van der Waals surface area contributed by atoms with Crippen molar-refractivity contribution in [2.75, 3.05) is 14.2 Å². The third kappa shape index (κ3) is 3.47. The van der Waals surface area contributed by atoms with E-state index in [-0.39, 0.29) is 5.78 Å². The first-order valence-corrected chi connectivity index (χ1v) is 7.02. The molecule has 0 atom stereocenters. The number of benzene rings is 2. The minimum Gasteiger partial charge on any atom is -0.427 e. The highest BCUT2D eigenvalue weighted by molar-refractivity contribution is 6.02. The van der Waals surface area contributed by atoms with Gasteiger partial charge in [-0.15, -0.1) is 0 Å². The number of esters is 1. The Morgan fingerprint density at radius 3 is 1.91 bits per heavy atom. The summed E-state index contributed by atoms with van der Waals surface area (Å²) in [7, 11) is 2.84. The molecule has 2 aromatic carbocycles. The lowest BCUT2D eigenvalue weighted by Gasteiger charge is -2.29. The lowest BCUT2D eigenvalue weighted by molar-refractivity contribution is -0.176. The molecule has 0 aliphatic rings. The third-order valence-electron chi connectivity index (χ3n) is 3.41. The third-order valence-corrected chi connectivity index (χ3v) is 3.41. The summed E-state index contributed by atoms with van der Waals surface area (Å²) >= 11 is 0. The molecule has 2 rings (SSSR count). The molecule has 0 amide bonds. The van der Waals surface area contributed by atoms with Gasteiger partial charge in [0.15, 0.2) is 0 Å². The maximum Gasteiger partial charge on any atom is 0.308 e. The molecule has 0 N–H and O–H groups in total. The van der Waals surface area contributed by atoms with Gasteiger partial charge in [-0.25, -0.2) is 0 Å². The Kier molecular flexibility index (Phi) is 5.26. The van der Waals surface area contributed by atoms with Crippen LogP contribution in [0, 0.1) is 0 Å². The average Bonchev–Trinajstić information content (AvgIpc) is 2.57. The molecule has 0 aromatic heterocycles.